The fourth-order valence-electron chi connectivity index (χ4n) is 1.85. The van der Waals surface area contributed by atoms with Crippen molar-refractivity contribution in [1.82, 2.24) is 10.1 Å². The van der Waals surface area contributed by atoms with Crippen LogP contribution < -0.4 is 10.1 Å². The molecular formula is C16H13N3O3. The van der Waals surface area contributed by atoms with Crippen molar-refractivity contribution in [3.63, 3.8) is 0 Å². The number of hydrogen-bond donors (Lipinski definition) is 1. The molecule has 1 amide bonds. The van der Waals surface area contributed by atoms with Crippen LogP contribution in [-0.4, -0.2) is 16.2 Å². The quantitative estimate of drug-likeness (QED) is 0.798. The number of carbonyl (C=O) groups is 1. The van der Waals surface area contributed by atoms with Gasteiger partial charge in [-0.25, -0.2) is 4.79 Å². The van der Waals surface area contributed by atoms with Crippen molar-refractivity contribution in [3.8, 4) is 17.2 Å². The van der Waals surface area contributed by atoms with Gasteiger partial charge in [-0.05, 0) is 43.3 Å². The van der Waals surface area contributed by atoms with Gasteiger partial charge in [-0.3, -0.25) is 5.32 Å². The second-order valence-corrected chi connectivity index (χ2v) is 4.55. The average molecular weight is 295 g/mol. The van der Waals surface area contributed by atoms with Crippen LogP contribution in [0.15, 0.2) is 59.1 Å². The molecular weight excluding hydrogens is 282 g/mol. The molecule has 0 fully saturated rings. The predicted octanol–water partition coefficient (Wildman–Crippen LogP) is 3.66. The van der Waals surface area contributed by atoms with Crippen LogP contribution in [0, 0.1) is 6.92 Å². The first kappa shape index (κ1) is 13.8. The number of aryl methyl sites for hydroxylation is 1. The number of nitrogens with zero attached hydrogens (tertiary/aromatic N) is 2. The van der Waals surface area contributed by atoms with Crippen molar-refractivity contribution >= 4 is 11.8 Å². The molecule has 0 atom stereocenters. The summed E-state index contributed by atoms with van der Waals surface area (Å²) in [6, 6.07) is 15.9. The maximum atomic E-state index is 11.8. The van der Waals surface area contributed by atoms with Gasteiger partial charge in [0.1, 0.15) is 5.75 Å². The number of aromatic nitrogens is 2. The van der Waals surface area contributed by atoms with Crippen LogP contribution in [-0.2, 0) is 0 Å². The lowest BCUT2D eigenvalue weighted by molar-refractivity contribution is 0.215. The van der Waals surface area contributed by atoms with Gasteiger partial charge in [0, 0.05) is 11.3 Å². The van der Waals surface area contributed by atoms with Crippen molar-refractivity contribution in [2.75, 3.05) is 5.32 Å². The van der Waals surface area contributed by atoms with E-state index in [-0.39, 0.29) is 0 Å². The molecule has 1 N–H and O–H groups in total. The van der Waals surface area contributed by atoms with E-state index in [4.69, 9.17) is 9.26 Å². The van der Waals surface area contributed by atoms with E-state index >= 15 is 0 Å². The third kappa shape index (κ3) is 3.29. The summed E-state index contributed by atoms with van der Waals surface area (Å²) in [5, 5.41) is 6.38. The van der Waals surface area contributed by atoms with Gasteiger partial charge in [-0.1, -0.05) is 23.4 Å². The van der Waals surface area contributed by atoms with Gasteiger partial charge in [-0.2, -0.15) is 4.98 Å². The molecule has 0 radical (unpaired) electrons. The highest BCUT2D eigenvalue weighted by atomic mass is 16.6. The molecule has 0 bridgehead atoms. The van der Waals surface area contributed by atoms with Gasteiger partial charge in [-0.15, -0.1) is 0 Å². The molecule has 110 valence electrons. The van der Waals surface area contributed by atoms with E-state index in [0.717, 1.165) is 5.56 Å². The first-order chi connectivity index (χ1) is 10.7. The fourth-order valence-corrected chi connectivity index (χ4v) is 1.85. The molecule has 0 aliphatic rings. The van der Waals surface area contributed by atoms with Crippen LogP contribution in [0.2, 0.25) is 0 Å². The second kappa shape index (κ2) is 6.09. The van der Waals surface area contributed by atoms with Crippen molar-refractivity contribution in [2.24, 2.45) is 0 Å². The number of hydrogen-bond acceptors (Lipinski definition) is 5. The van der Waals surface area contributed by atoms with Gasteiger partial charge in [0.05, 0.1) is 0 Å². The summed E-state index contributed by atoms with van der Waals surface area (Å²) >= 11 is 0. The molecule has 1 heterocycles. The smallest absolute Gasteiger partial charge is 0.410 e. The lowest BCUT2D eigenvalue weighted by Crippen LogP contribution is -2.16. The predicted molar refractivity (Wildman–Crippen MR) is 80.6 cm³/mol. The van der Waals surface area contributed by atoms with E-state index < -0.39 is 6.09 Å². The van der Waals surface area contributed by atoms with Crippen molar-refractivity contribution < 1.29 is 14.1 Å². The number of carbonyl (C=O) groups excluding carboxylic acids is 1. The Balaban J connectivity index is 1.65. The standard InChI is InChI=1S/C16H13N3O3/c1-11-17-15(22-19-11)12-7-9-13(10-8-12)18-16(20)21-14-5-3-2-4-6-14/h2-10H,1H3,(H,18,20). The van der Waals surface area contributed by atoms with Crippen molar-refractivity contribution in [1.29, 1.82) is 0 Å². The van der Waals surface area contributed by atoms with Crippen molar-refractivity contribution in [3.05, 3.63) is 60.4 Å². The van der Waals surface area contributed by atoms with Crippen LogP contribution in [0.25, 0.3) is 11.5 Å². The molecule has 0 aliphatic carbocycles. The number of ether oxygens (including phenoxy) is 1. The highest BCUT2D eigenvalue weighted by molar-refractivity contribution is 5.86. The third-order valence-electron chi connectivity index (χ3n) is 2.86. The zero-order chi connectivity index (χ0) is 15.4. The summed E-state index contributed by atoms with van der Waals surface area (Å²) in [7, 11) is 0. The highest BCUT2D eigenvalue weighted by Gasteiger charge is 2.08. The van der Waals surface area contributed by atoms with Crippen molar-refractivity contribution in [2.45, 2.75) is 6.92 Å². The second-order valence-electron chi connectivity index (χ2n) is 4.55. The number of para-hydroxylation sites is 1. The molecule has 0 unspecified atom stereocenters. The van der Waals surface area contributed by atoms with Crippen LogP contribution >= 0.6 is 0 Å². The first-order valence-corrected chi connectivity index (χ1v) is 6.65. The first-order valence-electron chi connectivity index (χ1n) is 6.65. The average Bonchev–Trinajstić information content (AvgIpc) is 2.95. The molecule has 0 spiro atoms. The minimum atomic E-state index is -0.549. The van der Waals surface area contributed by atoms with Gasteiger partial charge >= 0.3 is 6.09 Å². The van der Waals surface area contributed by atoms with Gasteiger partial charge < -0.3 is 9.26 Å². The highest BCUT2D eigenvalue weighted by Crippen LogP contribution is 2.20. The number of nitrogens with one attached hydrogen (secondary N) is 1. The lowest BCUT2D eigenvalue weighted by Gasteiger charge is -2.06. The maximum absolute atomic E-state index is 11.8. The Hall–Kier alpha value is -3.15. The van der Waals surface area contributed by atoms with Gasteiger partial charge in [0.2, 0.25) is 0 Å². The molecule has 0 aliphatic heterocycles. The summed E-state index contributed by atoms with van der Waals surface area (Å²) in [5.41, 5.74) is 1.39. The summed E-state index contributed by atoms with van der Waals surface area (Å²) in [6.07, 6.45) is -0.549. The van der Waals surface area contributed by atoms with Gasteiger partial charge in [0.15, 0.2) is 5.82 Å². The Bertz CT molecular complexity index is 767. The Morgan fingerprint density at radius 3 is 2.45 bits per heavy atom. The Morgan fingerprint density at radius 1 is 1.09 bits per heavy atom. The van der Waals surface area contributed by atoms with Crippen LogP contribution in [0.4, 0.5) is 10.5 Å². The maximum Gasteiger partial charge on any atom is 0.417 e. The Morgan fingerprint density at radius 2 is 1.82 bits per heavy atom. The van der Waals surface area contributed by atoms with E-state index in [9.17, 15) is 4.79 Å². The monoisotopic (exact) mass is 295 g/mol. The lowest BCUT2D eigenvalue weighted by atomic mass is 10.2. The van der Waals surface area contributed by atoms with E-state index in [0.29, 0.717) is 23.2 Å². The number of anilines is 1. The zero-order valence-corrected chi connectivity index (χ0v) is 11.8. The summed E-state index contributed by atoms with van der Waals surface area (Å²) in [5.74, 6) is 1.50. The topological polar surface area (TPSA) is 77.2 Å². The fraction of sp³-hybridized carbons (Fsp3) is 0.0625. The number of rotatable bonds is 3. The summed E-state index contributed by atoms with van der Waals surface area (Å²) in [6.45, 7) is 1.75. The molecule has 3 rings (SSSR count). The Kier molecular flexibility index (Phi) is 3.82. The minimum Gasteiger partial charge on any atom is -0.410 e. The number of benzene rings is 2. The molecule has 22 heavy (non-hydrogen) atoms. The Labute approximate surface area is 126 Å². The normalized spacial score (nSPS) is 10.2. The molecule has 3 aromatic rings. The van der Waals surface area contributed by atoms with E-state index in [2.05, 4.69) is 15.5 Å². The van der Waals surface area contributed by atoms with E-state index in [1.165, 1.54) is 0 Å². The van der Waals surface area contributed by atoms with E-state index in [1.807, 2.05) is 6.07 Å². The molecule has 2 aromatic carbocycles. The van der Waals surface area contributed by atoms with Gasteiger partial charge in [0.25, 0.3) is 5.89 Å². The number of amides is 1. The van der Waals surface area contributed by atoms with Crippen LogP contribution in [0.3, 0.4) is 0 Å². The molecule has 1 aromatic heterocycles. The molecule has 6 heteroatoms. The summed E-state index contributed by atoms with van der Waals surface area (Å²) < 4.78 is 10.2. The largest absolute Gasteiger partial charge is 0.417 e. The molecule has 0 saturated heterocycles. The molecule has 0 saturated carbocycles. The van der Waals surface area contributed by atoms with Crippen LogP contribution in [0.1, 0.15) is 5.82 Å². The third-order valence-corrected chi connectivity index (χ3v) is 2.86. The van der Waals surface area contributed by atoms with E-state index in [1.54, 1.807) is 55.5 Å². The summed E-state index contributed by atoms with van der Waals surface area (Å²) in [4.78, 5) is 15.9. The molecule has 6 nitrogen and oxygen atoms in total. The minimum absolute atomic E-state index is 0.441. The SMILES string of the molecule is Cc1noc(-c2ccc(NC(=O)Oc3ccccc3)cc2)n1. The zero-order valence-electron chi connectivity index (χ0n) is 11.8. The van der Waals surface area contributed by atoms with Crippen LogP contribution in [0.5, 0.6) is 5.75 Å².